The Morgan fingerprint density at radius 3 is 2.38 bits per heavy atom. The Bertz CT molecular complexity index is 803. The summed E-state index contributed by atoms with van der Waals surface area (Å²) in [5, 5.41) is 5.47. The minimum absolute atomic E-state index is 0.0585. The molecule has 29 heavy (non-hydrogen) atoms. The Labute approximate surface area is 172 Å². The molecule has 0 aliphatic rings. The summed E-state index contributed by atoms with van der Waals surface area (Å²) in [6.45, 7) is 8.65. The number of nitrogens with one attached hydrogen (secondary N) is 2. The van der Waals surface area contributed by atoms with Crippen LogP contribution in [0.1, 0.15) is 37.5 Å². The lowest BCUT2D eigenvalue weighted by molar-refractivity contribution is -0.124. The van der Waals surface area contributed by atoms with Crippen LogP contribution in [0.4, 0.5) is 4.79 Å². The van der Waals surface area contributed by atoms with E-state index < -0.39 is 12.1 Å². The second-order valence-electron chi connectivity index (χ2n) is 7.23. The summed E-state index contributed by atoms with van der Waals surface area (Å²) in [6.07, 6.45) is -0.587. The first kappa shape index (κ1) is 22.3. The van der Waals surface area contributed by atoms with E-state index in [1.54, 1.807) is 6.92 Å². The van der Waals surface area contributed by atoms with Crippen LogP contribution >= 0.6 is 0 Å². The van der Waals surface area contributed by atoms with E-state index in [2.05, 4.69) is 29.7 Å². The molecule has 2 amide bonds. The van der Waals surface area contributed by atoms with Crippen molar-refractivity contribution < 1.29 is 19.1 Å². The average Bonchev–Trinajstić information content (AvgIpc) is 2.69. The van der Waals surface area contributed by atoms with Crippen LogP contribution in [0.25, 0.3) is 0 Å². The highest BCUT2D eigenvalue weighted by Gasteiger charge is 2.24. The van der Waals surface area contributed by atoms with Gasteiger partial charge in [0.15, 0.2) is 0 Å². The predicted molar refractivity (Wildman–Crippen MR) is 113 cm³/mol. The van der Waals surface area contributed by atoms with Crippen molar-refractivity contribution in [3.8, 4) is 5.75 Å². The van der Waals surface area contributed by atoms with Gasteiger partial charge in [0.25, 0.3) is 0 Å². The third-order valence-electron chi connectivity index (χ3n) is 4.38. The zero-order valence-corrected chi connectivity index (χ0v) is 17.5. The molecule has 6 nitrogen and oxygen atoms in total. The van der Waals surface area contributed by atoms with E-state index in [-0.39, 0.29) is 18.4 Å². The SMILES string of the molecule is CCOC(=O)NC(C(=O)NCc1ccc(OCc2cccc(C)c2)cc1)C(C)C. The molecule has 2 aromatic carbocycles. The van der Waals surface area contributed by atoms with Crippen LogP contribution in [0.2, 0.25) is 0 Å². The smallest absolute Gasteiger partial charge is 0.407 e. The zero-order chi connectivity index (χ0) is 21.2. The summed E-state index contributed by atoms with van der Waals surface area (Å²) in [5.74, 6) is 0.468. The van der Waals surface area contributed by atoms with E-state index in [9.17, 15) is 9.59 Å². The third-order valence-corrected chi connectivity index (χ3v) is 4.38. The molecular weight excluding hydrogens is 368 g/mol. The van der Waals surface area contributed by atoms with Gasteiger partial charge in [-0.25, -0.2) is 4.79 Å². The van der Waals surface area contributed by atoms with Crippen molar-refractivity contribution in [2.45, 2.75) is 46.9 Å². The van der Waals surface area contributed by atoms with E-state index in [4.69, 9.17) is 9.47 Å². The molecule has 156 valence electrons. The van der Waals surface area contributed by atoms with Gasteiger partial charge in [-0.3, -0.25) is 4.79 Å². The highest BCUT2D eigenvalue weighted by molar-refractivity contribution is 5.85. The number of hydrogen-bond acceptors (Lipinski definition) is 4. The Morgan fingerprint density at radius 2 is 1.76 bits per heavy atom. The normalized spacial score (nSPS) is 11.6. The maximum absolute atomic E-state index is 12.4. The van der Waals surface area contributed by atoms with Crippen LogP contribution in [-0.4, -0.2) is 24.6 Å². The quantitative estimate of drug-likeness (QED) is 0.670. The number of ether oxygens (including phenoxy) is 2. The molecular formula is C23H30N2O4. The van der Waals surface area contributed by atoms with Crippen molar-refractivity contribution in [1.82, 2.24) is 10.6 Å². The first-order chi connectivity index (χ1) is 13.9. The molecule has 2 N–H and O–H groups in total. The number of carbonyl (C=O) groups is 2. The molecule has 1 unspecified atom stereocenters. The standard InChI is InChI=1S/C23H30N2O4/c1-5-28-23(27)25-21(16(2)3)22(26)24-14-18-9-11-20(12-10-18)29-15-19-8-6-7-17(4)13-19/h6-13,16,21H,5,14-15H2,1-4H3,(H,24,26)(H,25,27). The largest absolute Gasteiger partial charge is 0.489 e. The molecule has 0 radical (unpaired) electrons. The molecule has 0 aliphatic heterocycles. The summed E-state index contributed by atoms with van der Waals surface area (Å²) >= 11 is 0. The average molecular weight is 399 g/mol. The third kappa shape index (κ3) is 7.49. The molecule has 6 heteroatoms. The highest BCUT2D eigenvalue weighted by Crippen LogP contribution is 2.15. The van der Waals surface area contributed by atoms with Crippen LogP contribution in [0, 0.1) is 12.8 Å². The van der Waals surface area contributed by atoms with E-state index >= 15 is 0 Å². The van der Waals surface area contributed by atoms with E-state index in [1.165, 1.54) is 5.56 Å². The van der Waals surface area contributed by atoms with Gasteiger partial charge in [0.2, 0.25) is 5.91 Å². The summed E-state index contributed by atoms with van der Waals surface area (Å²) in [5.41, 5.74) is 3.27. The van der Waals surface area contributed by atoms with Crippen molar-refractivity contribution in [3.05, 3.63) is 65.2 Å². The van der Waals surface area contributed by atoms with Crippen LogP contribution < -0.4 is 15.4 Å². The molecule has 0 saturated carbocycles. The van der Waals surface area contributed by atoms with Crippen LogP contribution in [0.15, 0.2) is 48.5 Å². The van der Waals surface area contributed by atoms with Gasteiger partial charge in [-0.05, 0) is 43.0 Å². The predicted octanol–water partition coefficient (Wildman–Crippen LogP) is 3.96. The van der Waals surface area contributed by atoms with E-state index in [0.717, 1.165) is 16.9 Å². The molecule has 0 heterocycles. The van der Waals surface area contributed by atoms with Gasteiger partial charge < -0.3 is 20.1 Å². The highest BCUT2D eigenvalue weighted by atomic mass is 16.5. The van der Waals surface area contributed by atoms with Crippen molar-refractivity contribution in [2.75, 3.05) is 6.61 Å². The van der Waals surface area contributed by atoms with E-state index in [1.807, 2.05) is 50.2 Å². The number of benzene rings is 2. The van der Waals surface area contributed by atoms with Crippen LogP contribution in [-0.2, 0) is 22.7 Å². The van der Waals surface area contributed by atoms with Crippen molar-refractivity contribution in [3.63, 3.8) is 0 Å². The number of carbonyl (C=O) groups excluding carboxylic acids is 2. The summed E-state index contributed by atoms with van der Waals surface area (Å²) in [6, 6.07) is 15.1. The Morgan fingerprint density at radius 1 is 1.03 bits per heavy atom. The monoisotopic (exact) mass is 398 g/mol. The first-order valence-electron chi connectivity index (χ1n) is 9.87. The lowest BCUT2D eigenvalue weighted by atomic mass is 10.0. The minimum Gasteiger partial charge on any atom is -0.489 e. The number of aryl methyl sites for hydroxylation is 1. The Balaban J connectivity index is 1.85. The molecule has 0 saturated heterocycles. The Hall–Kier alpha value is -3.02. The van der Waals surface area contributed by atoms with Crippen molar-refractivity contribution >= 4 is 12.0 Å². The van der Waals surface area contributed by atoms with Gasteiger partial charge in [-0.1, -0.05) is 55.8 Å². The van der Waals surface area contributed by atoms with E-state index in [0.29, 0.717) is 13.2 Å². The second-order valence-corrected chi connectivity index (χ2v) is 7.23. The fraction of sp³-hybridized carbons (Fsp3) is 0.391. The molecule has 1 atom stereocenters. The summed E-state index contributed by atoms with van der Waals surface area (Å²) in [7, 11) is 0. The van der Waals surface area contributed by atoms with Crippen molar-refractivity contribution in [1.29, 1.82) is 0 Å². The van der Waals surface area contributed by atoms with Crippen LogP contribution in [0.5, 0.6) is 5.75 Å². The lowest BCUT2D eigenvalue weighted by Gasteiger charge is -2.21. The fourth-order valence-electron chi connectivity index (χ4n) is 2.81. The molecule has 0 bridgehead atoms. The number of amides is 2. The Kier molecular flexibility index (Phi) is 8.52. The van der Waals surface area contributed by atoms with Gasteiger partial charge in [0.05, 0.1) is 6.61 Å². The molecule has 0 aromatic heterocycles. The van der Waals surface area contributed by atoms with Gasteiger partial charge in [0.1, 0.15) is 18.4 Å². The molecule has 0 spiro atoms. The van der Waals surface area contributed by atoms with Gasteiger partial charge in [-0.15, -0.1) is 0 Å². The summed E-state index contributed by atoms with van der Waals surface area (Å²) in [4.78, 5) is 24.1. The number of alkyl carbamates (subject to hydrolysis) is 1. The maximum atomic E-state index is 12.4. The fourth-order valence-corrected chi connectivity index (χ4v) is 2.81. The van der Waals surface area contributed by atoms with Crippen LogP contribution in [0.3, 0.4) is 0 Å². The zero-order valence-electron chi connectivity index (χ0n) is 17.5. The molecule has 2 rings (SSSR count). The second kappa shape index (κ2) is 11.1. The lowest BCUT2D eigenvalue weighted by Crippen LogP contribution is -2.49. The number of hydrogen-bond donors (Lipinski definition) is 2. The topological polar surface area (TPSA) is 76.7 Å². The number of rotatable bonds is 9. The molecule has 0 aliphatic carbocycles. The van der Waals surface area contributed by atoms with Gasteiger partial charge in [0, 0.05) is 6.54 Å². The van der Waals surface area contributed by atoms with Gasteiger partial charge >= 0.3 is 6.09 Å². The first-order valence-corrected chi connectivity index (χ1v) is 9.87. The molecule has 2 aromatic rings. The minimum atomic E-state index is -0.647. The molecule has 0 fully saturated rings. The summed E-state index contributed by atoms with van der Waals surface area (Å²) < 4.78 is 10.7. The van der Waals surface area contributed by atoms with Gasteiger partial charge in [-0.2, -0.15) is 0 Å². The maximum Gasteiger partial charge on any atom is 0.407 e. The van der Waals surface area contributed by atoms with Crippen molar-refractivity contribution in [2.24, 2.45) is 5.92 Å².